The molecule has 174 valence electrons. The Labute approximate surface area is 186 Å². The molecule has 32 heavy (non-hydrogen) atoms. The molecule has 0 spiro atoms. The maximum absolute atomic E-state index is 12.3. The van der Waals surface area contributed by atoms with Crippen molar-refractivity contribution >= 4 is 29.0 Å². The van der Waals surface area contributed by atoms with Crippen LogP contribution in [0.1, 0.15) is 31.0 Å². The molecule has 0 aromatic carbocycles. The van der Waals surface area contributed by atoms with E-state index in [1.165, 1.54) is 20.4 Å². The molecule has 1 amide bonds. The minimum absolute atomic E-state index is 0.0531. The molecule has 3 heterocycles. The summed E-state index contributed by atoms with van der Waals surface area (Å²) < 4.78 is 47.3. The zero-order valence-electron chi connectivity index (χ0n) is 17.2. The number of nitrogens with zero attached hydrogens (tertiary/aromatic N) is 5. The van der Waals surface area contributed by atoms with E-state index in [2.05, 4.69) is 25.6 Å². The molecule has 0 bridgehead atoms. The molecule has 0 aliphatic carbocycles. The van der Waals surface area contributed by atoms with E-state index in [1.807, 2.05) is 10.3 Å². The highest BCUT2D eigenvalue weighted by molar-refractivity contribution is 6.35. The average molecular weight is 476 g/mol. The summed E-state index contributed by atoms with van der Waals surface area (Å²) in [6.07, 6.45) is -3.38. The second-order valence-electron chi connectivity index (χ2n) is 6.93. The summed E-state index contributed by atoms with van der Waals surface area (Å²) in [6.45, 7) is 1.19. The van der Waals surface area contributed by atoms with Gasteiger partial charge in [0.25, 0.3) is 0 Å². The van der Waals surface area contributed by atoms with Crippen molar-refractivity contribution in [2.75, 3.05) is 37.6 Å². The standard InChI is InChI=1S/C18H21ClF3N7O3/c1-31-13-7-14(32-2)25-16(24-13)10-3-5-29(6-4-10)11-9-23-27-17(15(11)19)28-26-12(30)8-18(20,21)22/h7,9-10H,3-6,8H2,1-2H3,(H,26,30)(H,27,28). The van der Waals surface area contributed by atoms with E-state index in [1.54, 1.807) is 6.07 Å². The number of rotatable bonds is 7. The van der Waals surface area contributed by atoms with E-state index in [0.717, 1.165) is 0 Å². The number of carbonyl (C=O) groups excluding carboxylic acids is 1. The maximum atomic E-state index is 12.3. The highest BCUT2D eigenvalue weighted by Crippen LogP contribution is 2.35. The quantitative estimate of drug-likeness (QED) is 0.583. The summed E-state index contributed by atoms with van der Waals surface area (Å²) in [5.41, 5.74) is 4.76. The number of methoxy groups -OCH3 is 2. The van der Waals surface area contributed by atoms with Gasteiger partial charge in [-0.05, 0) is 12.8 Å². The van der Waals surface area contributed by atoms with Crippen molar-refractivity contribution in [3.8, 4) is 11.8 Å². The van der Waals surface area contributed by atoms with Crippen LogP contribution >= 0.6 is 11.6 Å². The van der Waals surface area contributed by atoms with Crippen LogP contribution in [0.3, 0.4) is 0 Å². The molecule has 3 rings (SSSR count). The van der Waals surface area contributed by atoms with Crippen molar-refractivity contribution in [2.24, 2.45) is 0 Å². The minimum Gasteiger partial charge on any atom is -0.481 e. The largest absolute Gasteiger partial charge is 0.481 e. The Bertz CT molecular complexity index is 934. The zero-order valence-corrected chi connectivity index (χ0v) is 18.0. The lowest BCUT2D eigenvalue weighted by Crippen LogP contribution is -2.35. The predicted octanol–water partition coefficient (Wildman–Crippen LogP) is 2.72. The molecule has 1 aliphatic heterocycles. The van der Waals surface area contributed by atoms with Crippen LogP contribution in [0.15, 0.2) is 12.3 Å². The first kappa shape index (κ1) is 23.6. The molecule has 2 aromatic heterocycles. The number of amides is 1. The lowest BCUT2D eigenvalue weighted by atomic mass is 9.95. The monoisotopic (exact) mass is 475 g/mol. The van der Waals surface area contributed by atoms with Crippen LogP contribution in [0.4, 0.5) is 24.7 Å². The number of aromatic nitrogens is 4. The molecular formula is C18H21ClF3N7O3. The van der Waals surface area contributed by atoms with E-state index in [4.69, 9.17) is 21.1 Å². The molecule has 2 aromatic rings. The van der Waals surface area contributed by atoms with Crippen molar-refractivity contribution in [1.82, 2.24) is 25.6 Å². The van der Waals surface area contributed by atoms with Crippen LogP contribution in [-0.4, -0.2) is 59.6 Å². The topological polar surface area (TPSA) is 114 Å². The van der Waals surface area contributed by atoms with Gasteiger partial charge in [-0.3, -0.25) is 15.6 Å². The summed E-state index contributed by atoms with van der Waals surface area (Å²) in [5, 5.41) is 7.69. The summed E-state index contributed by atoms with van der Waals surface area (Å²) in [5.74, 6) is 0.202. The normalized spacial score (nSPS) is 14.8. The number of ether oxygens (including phenoxy) is 2. The molecule has 10 nitrogen and oxygen atoms in total. The van der Waals surface area contributed by atoms with Gasteiger partial charge in [0.2, 0.25) is 17.7 Å². The third-order valence-electron chi connectivity index (χ3n) is 4.77. The fourth-order valence-electron chi connectivity index (χ4n) is 3.21. The maximum Gasteiger partial charge on any atom is 0.397 e. The van der Waals surface area contributed by atoms with Gasteiger partial charge in [0.1, 0.15) is 17.3 Å². The highest BCUT2D eigenvalue weighted by atomic mass is 35.5. The second kappa shape index (κ2) is 10.0. The molecule has 1 aliphatic rings. The van der Waals surface area contributed by atoms with Crippen LogP contribution in [0.2, 0.25) is 5.02 Å². The Morgan fingerprint density at radius 2 is 1.84 bits per heavy atom. The molecule has 0 radical (unpaired) electrons. The number of nitrogens with one attached hydrogen (secondary N) is 2. The summed E-state index contributed by atoms with van der Waals surface area (Å²) in [4.78, 5) is 22.2. The summed E-state index contributed by atoms with van der Waals surface area (Å²) in [6, 6.07) is 1.60. The van der Waals surface area contributed by atoms with Gasteiger partial charge < -0.3 is 14.4 Å². The summed E-state index contributed by atoms with van der Waals surface area (Å²) >= 11 is 6.35. The number of anilines is 2. The van der Waals surface area contributed by atoms with E-state index >= 15 is 0 Å². The third-order valence-corrected chi connectivity index (χ3v) is 5.14. The fraction of sp³-hybridized carbons (Fsp3) is 0.500. The molecular weight excluding hydrogens is 455 g/mol. The van der Waals surface area contributed by atoms with Gasteiger partial charge in [0.05, 0.1) is 32.2 Å². The highest BCUT2D eigenvalue weighted by Gasteiger charge is 2.31. The average Bonchev–Trinajstić information content (AvgIpc) is 2.77. The van der Waals surface area contributed by atoms with Gasteiger partial charge in [0.15, 0.2) is 5.82 Å². The number of hydrogen-bond donors (Lipinski definition) is 2. The molecule has 0 saturated carbocycles. The Morgan fingerprint density at radius 1 is 1.22 bits per heavy atom. The van der Waals surface area contributed by atoms with E-state index < -0.39 is 18.5 Å². The molecule has 1 fully saturated rings. The van der Waals surface area contributed by atoms with Gasteiger partial charge >= 0.3 is 6.18 Å². The Balaban J connectivity index is 1.64. The van der Waals surface area contributed by atoms with E-state index in [9.17, 15) is 18.0 Å². The predicted molar refractivity (Wildman–Crippen MR) is 109 cm³/mol. The van der Waals surface area contributed by atoms with E-state index in [-0.39, 0.29) is 16.8 Å². The van der Waals surface area contributed by atoms with Crippen LogP contribution < -0.4 is 25.2 Å². The van der Waals surface area contributed by atoms with Gasteiger partial charge in [0, 0.05) is 19.0 Å². The van der Waals surface area contributed by atoms with Crippen molar-refractivity contribution in [2.45, 2.75) is 31.4 Å². The number of alkyl halides is 3. The summed E-state index contributed by atoms with van der Waals surface area (Å²) in [7, 11) is 3.04. The Morgan fingerprint density at radius 3 is 2.41 bits per heavy atom. The first-order valence-corrected chi connectivity index (χ1v) is 9.92. The van der Waals surface area contributed by atoms with Crippen molar-refractivity contribution < 1.29 is 27.4 Å². The number of carbonyl (C=O) groups is 1. The molecule has 0 unspecified atom stereocenters. The number of piperidine rings is 1. The molecule has 0 atom stereocenters. The van der Waals surface area contributed by atoms with Gasteiger partial charge in [-0.15, -0.1) is 5.10 Å². The minimum atomic E-state index is -4.62. The van der Waals surface area contributed by atoms with Gasteiger partial charge in [-0.25, -0.2) is 0 Å². The Hall–Kier alpha value is -3.09. The first-order chi connectivity index (χ1) is 15.2. The van der Waals surface area contributed by atoms with Gasteiger partial charge in [-0.2, -0.15) is 28.2 Å². The number of hydrazine groups is 1. The van der Waals surface area contributed by atoms with E-state index in [0.29, 0.717) is 49.2 Å². The molecule has 1 saturated heterocycles. The smallest absolute Gasteiger partial charge is 0.397 e. The molecule has 2 N–H and O–H groups in total. The molecule has 14 heteroatoms. The van der Waals surface area contributed by atoms with Crippen LogP contribution in [0.5, 0.6) is 11.8 Å². The third kappa shape index (κ3) is 5.99. The van der Waals surface area contributed by atoms with Crippen LogP contribution in [-0.2, 0) is 4.79 Å². The Kier molecular flexibility index (Phi) is 7.38. The lowest BCUT2D eigenvalue weighted by molar-refractivity contribution is -0.153. The zero-order chi connectivity index (χ0) is 23.3. The SMILES string of the molecule is COc1cc(OC)nc(C2CCN(c3cnnc(NNC(=O)CC(F)(F)F)c3Cl)CC2)n1. The van der Waals surface area contributed by atoms with Crippen molar-refractivity contribution in [3.05, 3.63) is 23.1 Å². The van der Waals surface area contributed by atoms with Crippen molar-refractivity contribution in [1.29, 1.82) is 0 Å². The van der Waals surface area contributed by atoms with Crippen LogP contribution in [0, 0.1) is 0 Å². The second-order valence-corrected chi connectivity index (χ2v) is 7.31. The van der Waals surface area contributed by atoms with Crippen molar-refractivity contribution in [3.63, 3.8) is 0 Å². The first-order valence-electron chi connectivity index (χ1n) is 9.55. The number of hydrogen-bond acceptors (Lipinski definition) is 9. The fourth-order valence-corrected chi connectivity index (χ4v) is 3.46. The number of halogens is 4. The van der Waals surface area contributed by atoms with Crippen LogP contribution in [0.25, 0.3) is 0 Å². The van der Waals surface area contributed by atoms with Gasteiger partial charge in [-0.1, -0.05) is 11.6 Å². The lowest BCUT2D eigenvalue weighted by Gasteiger charge is -2.33.